The first-order valence-corrected chi connectivity index (χ1v) is 10.5. The molecule has 7 heteroatoms. The van der Waals surface area contributed by atoms with Crippen LogP contribution in [0.5, 0.6) is 5.75 Å². The molecule has 0 unspecified atom stereocenters. The molecular formula is C21H28N2O4S. The summed E-state index contributed by atoms with van der Waals surface area (Å²) >= 11 is 0. The van der Waals surface area contributed by atoms with Crippen LogP contribution in [0.3, 0.4) is 0 Å². The van der Waals surface area contributed by atoms with Gasteiger partial charge in [0.1, 0.15) is 5.75 Å². The van der Waals surface area contributed by atoms with E-state index in [1.54, 1.807) is 37.3 Å². The smallest absolute Gasteiger partial charge is 0.264 e. The molecule has 0 radical (unpaired) electrons. The third-order valence-electron chi connectivity index (χ3n) is 4.87. The van der Waals surface area contributed by atoms with Gasteiger partial charge in [0.05, 0.1) is 17.7 Å². The Kier molecular flexibility index (Phi) is 6.39. The van der Waals surface area contributed by atoms with Crippen molar-refractivity contribution in [2.75, 3.05) is 18.5 Å². The van der Waals surface area contributed by atoms with Crippen molar-refractivity contribution in [2.24, 2.45) is 0 Å². The number of nitrogens with zero attached hydrogens (tertiary/aromatic N) is 1. The summed E-state index contributed by atoms with van der Waals surface area (Å²) in [6.07, 6.45) is 0.756. The van der Waals surface area contributed by atoms with Gasteiger partial charge in [-0.05, 0) is 57.0 Å². The number of hydrogen-bond donors (Lipinski definition) is 1. The number of nitrogens with one attached hydrogen (secondary N) is 1. The molecule has 1 N–H and O–H groups in total. The van der Waals surface area contributed by atoms with Crippen LogP contribution in [0.1, 0.15) is 43.1 Å². The van der Waals surface area contributed by atoms with E-state index in [0.717, 1.165) is 10.7 Å². The predicted molar refractivity (Wildman–Crippen MR) is 112 cm³/mol. The first-order chi connectivity index (χ1) is 13.0. The minimum absolute atomic E-state index is 0.0472. The molecule has 28 heavy (non-hydrogen) atoms. The highest BCUT2D eigenvalue weighted by atomic mass is 32.2. The number of benzene rings is 2. The average Bonchev–Trinajstić information content (AvgIpc) is 2.67. The molecule has 6 nitrogen and oxygen atoms in total. The molecule has 0 bridgehead atoms. The normalized spacial score (nSPS) is 11.8. The Balaban J connectivity index is 2.46. The zero-order chi connectivity index (χ0) is 21.1. The predicted octanol–water partition coefficient (Wildman–Crippen LogP) is 3.75. The topological polar surface area (TPSA) is 75.7 Å². The van der Waals surface area contributed by atoms with E-state index in [9.17, 15) is 13.2 Å². The minimum Gasteiger partial charge on any atom is -0.495 e. The minimum atomic E-state index is -3.87. The molecule has 2 aromatic rings. The van der Waals surface area contributed by atoms with Crippen LogP contribution in [-0.4, -0.2) is 34.0 Å². The zero-order valence-corrected chi connectivity index (χ0v) is 18.1. The van der Waals surface area contributed by atoms with E-state index in [1.165, 1.54) is 26.3 Å². The largest absolute Gasteiger partial charge is 0.495 e. The molecule has 2 aromatic carbocycles. The second-order valence-corrected chi connectivity index (χ2v) is 9.28. The molecule has 0 spiro atoms. The fourth-order valence-corrected chi connectivity index (χ4v) is 3.88. The zero-order valence-electron chi connectivity index (χ0n) is 17.2. The van der Waals surface area contributed by atoms with Crippen molar-refractivity contribution >= 4 is 21.6 Å². The van der Waals surface area contributed by atoms with Crippen LogP contribution in [-0.2, 0) is 10.0 Å². The van der Waals surface area contributed by atoms with Gasteiger partial charge in [0, 0.05) is 18.2 Å². The van der Waals surface area contributed by atoms with E-state index in [4.69, 9.17) is 4.74 Å². The SMILES string of the molecule is CCC(C)(C)NC(=O)c1cc(S(=O)(=O)N(C)c2ccccc2OC)ccc1C. The van der Waals surface area contributed by atoms with E-state index in [-0.39, 0.29) is 16.3 Å². The molecule has 0 heterocycles. The number of carbonyl (C=O) groups excluding carboxylic acids is 1. The maximum absolute atomic E-state index is 13.2. The molecule has 0 aromatic heterocycles. The molecule has 0 saturated carbocycles. The van der Waals surface area contributed by atoms with Crippen LogP contribution in [0, 0.1) is 6.92 Å². The van der Waals surface area contributed by atoms with Crippen LogP contribution < -0.4 is 14.4 Å². The Hall–Kier alpha value is -2.54. The summed E-state index contributed by atoms with van der Waals surface area (Å²) in [4.78, 5) is 12.8. The second kappa shape index (κ2) is 8.22. The standard InChI is InChI=1S/C21H28N2O4S/c1-7-21(3,4)22-20(24)17-14-16(13-12-15(17)2)28(25,26)23(5)18-10-8-9-11-19(18)27-6/h8-14H,7H2,1-6H3,(H,22,24). The molecule has 0 saturated heterocycles. The highest BCUT2D eigenvalue weighted by molar-refractivity contribution is 7.92. The summed E-state index contributed by atoms with van der Waals surface area (Å²) in [5, 5.41) is 2.95. The quantitative estimate of drug-likeness (QED) is 0.763. The number of amides is 1. The summed E-state index contributed by atoms with van der Waals surface area (Å²) in [6.45, 7) is 7.62. The maximum atomic E-state index is 13.2. The molecule has 152 valence electrons. The van der Waals surface area contributed by atoms with Crippen LogP contribution in [0.25, 0.3) is 0 Å². The first-order valence-electron chi connectivity index (χ1n) is 9.08. The van der Waals surface area contributed by atoms with Crippen LogP contribution in [0.4, 0.5) is 5.69 Å². The lowest BCUT2D eigenvalue weighted by molar-refractivity contribution is 0.0910. The summed E-state index contributed by atoms with van der Waals surface area (Å²) < 4.78 is 32.8. The van der Waals surface area contributed by atoms with Crippen LogP contribution >= 0.6 is 0 Å². The Morgan fingerprint density at radius 1 is 1.18 bits per heavy atom. The molecule has 2 rings (SSSR count). The fourth-order valence-electron chi connectivity index (χ4n) is 2.65. The van der Waals surface area contributed by atoms with Gasteiger partial charge in [-0.15, -0.1) is 0 Å². The number of rotatable bonds is 7. The van der Waals surface area contributed by atoms with E-state index in [0.29, 0.717) is 22.6 Å². The van der Waals surface area contributed by atoms with E-state index >= 15 is 0 Å². The highest BCUT2D eigenvalue weighted by Gasteiger charge is 2.26. The van der Waals surface area contributed by atoms with Gasteiger partial charge in [-0.2, -0.15) is 0 Å². The average molecular weight is 405 g/mol. The van der Waals surface area contributed by atoms with Gasteiger partial charge >= 0.3 is 0 Å². The third-order valence-corrected chi connectivity index (χ3v) is 6.64. The number of anilines is 1. The Morgan fingerprint density at radius 3 is 2.43 bits per heavy atom. The van der Waals surface area contributed by atoms with Crippen LogP contribution in [0.15, 0.2) is 47.4 Å². The Morgan fingerprint density at radius 2 is 1.82 bits per heavy atom. The Bertz CT molecular complexity index is 968. The van der Waals surface area contributed by atoms with Crippen LogP contribution in [0.2, 0.25) is 0 Å². The number of ether oxygens (including phenoxy) is 1. The lowest BCUT2D eigenvalue weighted by Crippen LogP contribution is -2.43. The van der Waals surface area contributed by atoms with Crippen molar-refractivity contribution in [3.8, 4) is 5.75 Å². The van der Waals surface area contributed by atoms with Gasteiger partial charge in [0.2, 0.25) is 0 Å². The van der Waals surface area contributed by atoms with E-state index < -0.39 is 10.0 Å². The highest BCUT2D eigenvalue weighted by Crippen LogP contribution is 2.31. The first kappa shape index (κ1) is 21.8. The summed E-state index contributed by atoms with van der Waals surface area (Å²) in [6, 6.07) is 11.5. The number of methoxy groups -OCH3 is 1. The van der Waals surface area contributed by atoms with Gasteiger partial charge in [0.25, 0.3) is 15.9 Å². The van der Waals surface area contributed by atoms with Gasteiger partial charge in [0.15, 0.2) is 0 Å². The van der Waals surface area contributed by atoms with Gasteiger partial charge in [-0.1, -0.05) is 25.1 Å². The number of carbonyl (C=O) groups is 1. The molecule has 0 aliphatic rings. The number of para-hydroxylation sites is 2. The molecule has 0 fully saturated rings. The molecule has 0 atom stereocenters. The molecule has 0 aliphatic carbocycles. The lowest BCUT2D eigenvalue weighted by Gasteiger charge is -2.25. The van der Waals surface area contributed by atoms with Crippen molar-refractivity contribution in [3.63, 3.8) is 0 Å². The van der Waals surface area contributed by atoms with Crippen molar-refractivity contribution in [3.05, 3.63) is 53.6 Å². The molecule has 0 aliphatic heterocycles. The summed E-state index contributed by atoms with van der Waals surface area (Å²) in [5.74, 6) is 0.157. The molecular weight excluding hydrogens is 376 g/mol. The Labute approximate surface area is 167 Å². The van der Waals surface area contributed by atoms with Crippen molar-refractivity contribution in [1.82, 2.24) is 5.32 Å². The van der Waals surface area contributed by atoms with Gasteiger partial charge in [-0.3, -0.25) is 9.10 Å². The maximum Gasteiger partial charge on any atom is 0.264 e. The monoisotopic (exact) mass is 404 g/mol. The molecule has 1 amide bonds. The van der Waals surface area contributed by atoms with Crippen molar-refractivity contribution in [1.29, 1.82) is 0 Å². The number of sulfonamides is 1. The van der Waals surface area contributed by atoms with Gasteiger partial charge < -0.3 is 10.1 Å². The number of aryl methyl sites for hydroxylation is 1. The second-order valence-electron chi connectivity index (χ2n) is 7.31. The summed E-state index contributed by atoms with van der Waals surface area (Å²) in [5.41, 5.74) is 1.09. The number of hydrogen-bond acceptors (Lipinski definition) is 4. The fraction of sp³-hybridized carbons (Fsp3) is 0.381. The van der Waals surface area contributed by atoms with E-state index in [1.807, 2.05) is 20.8 Å². The van der Waals surface area contributed by atoms with Crippen molar-refractivity contribution in [2.45, 2.75) is 44.6 Å². The van der Waals surface area contributed by atoms with E-state index in [2.05, 4.69) is 5.32 Å². The summed E-state index contributed by atoms with van der Waals surface area (Å²) in [7, 11) is -0.919. The lowest BCUT2D eigenvalue weighted by atomic mass is 10.0. The third kappa shape index (κ3) is 4.47. The van der Waals surface area contributed by atoms with Crippen molar-refractivity contribution < 1.29 is 17.9 Å². The van der Waals surface area contributed by atoms with Gasteiger partial charge in [-0.25, -0.2) is 8.42 Å².